The number of hydrogen-bond acceptors (Lipinski definition) is 6. The molecule has 1 aliphatic carbocycles. The van der Waals surface area contributed by atoms with E-state index >= 15 is 0 Å². The Morgan fingerprint density at radius 2 is 1.61 bits per heavy atom. The molecule has 0 heterocycles. The summed E-state index contributed by atoms with van der Waals surface area (Å²) in [5.41, 5.74) is 4.50. The fourth-order valence-corrected chi connectivity index (χ4v) is 3.89. The molecule has 0 bridgehead atoms. The van der Waals surface area contributed by atoms with Crippen LogP contribution in [-0.4, -0.2) is 69.2 Å². The maximum atomic E-state index is 12.3. The molecular weight excluding hydrogens is 428 g/mol. The van der Waals surface area contributed by atoms with Crippen LogP contribution < -0.4 is 10.6 Å². The van der Waals surface area contributed by atoms with Gasteiger partial charge in [0.1, 0.15) is 6.61 Å². The quantitative estimate of drug-likeness (QED) is 0.473. The van der Waals surface area contributed by atoms with Crippen molar-refractivity contribution in [3.63, 3.8) is 0 Å². The molecule has 2 aromatic rings. The summed E-state index contributed by atoms with van der Waals surface area (Å²) in [5.74, 6) is -1.78. The van der Waals surface area contributed by atoms with Gasteiger partial charge in [0.25, 0.3) is 0 Å². The normalized spacial score (nSPS) is 14.0. The number of nitrogens with one attached hydrogen (secondary N) is 2. The Morgan fingerprint density at radius 1 is 1.00 bits per heavy atom. The Hall–Kier alpha value is -3.43. The number of fused-ring (bicyclic) bond motifs is 3. The first-order valence-electron chi connectivity index (χ1n) is 10.6. The Labute approximate surface area is 192 Å². The van der Waals surface area contributed by atoms with Crippen molar-refractivity contribution in [2.45, 2.75) is 24.5 Å². The van der Waals surface area contributed by atoms with Crippen LogP contribution in [0.4, 0.5) is 4.79 Å². The molecule has 9 heteroatoms. The third-order valence-electron chi connectivity index (χ3n) is 5.53. The lowest BCUT2D eigenvalue weighted by atomic mass is 9.98. The second-order valence-corrected chi connectivity index (χ2v) is 7.68. The van der Waals surface area contributed by atoms with Crippen molar-refractivity contribution in [3.8, 4) is 11.1 Å². The van der Waals surface area contributed by atoms with Gasteiger partial charge in [-0.1, -0.05) is 48.5 Å². The van der Waals surface area contributed by atoms with Crippen LogP contribution >= 0.6 is 0 Å². The molecule has 3 N–H and O–H groups in total. The molecule has 0 aliphatic heterocycles. The number of methoxy groups -OCH3 is 2. The zero-order valence-electron chi connectivity index (χ0n) is 18.6. The van der Waals surface area contributed by atoms with Gasteiger partial charge in [-0.2, -0.15) is 0 Å². The van der Waals surface area contributed by atoms with Crippen LogP contribution in [0.3, 0.4) is 0 Å². The van der Waals surface area contributed by atoms with Gasteiger partial charge in [0, 0.05) is 26.7 Å². The largest absolute Gasteiger partial charge is 0.480 e. The SMILES string of the molecule is COCC(NC(=O)CC(CNC(=O)OCC1c2ccccc2-c2ccccc21)OC)C(=O)O. The van der Waals surface area contributed by atoms with E-state index in [1.807, 2.05) is 36.4 Å². The number of hydrogen-bond donors (Lipinski definition) is 3. The summed E-state index contributed by atoms with van der Waals surface area (Å²) in [5, 5.41) is 14.1. The van der Waals surface area contributed by atoms with Crippen LogP contribution in [0.5, 0.6) is 0 Å². The number of benzene rings is 2. The van der Waals surface area contributed by atoms with Gasteiger partial charge in [-0.25, -0.2) is 9.59 Å². The molecule has 2 atom stereocenters. The minimum Gasteiger partial charge on any atom is -0.480 e. The second kappa shape index (κ2) is 11.4. The van der Waals surface area contributed by atoms with Gasteiger partial charge in [-0.15, -0.1) is 0 Å². The van der Waals surface area contributed by atoms with Crippen LogP contribution in [0.1, 0.15) is 23.5 Å². The second-order valence-electron chi connectivity index (χ2n) is 7.68. The van der Waals surface area contributed by atoms with Crippen molar-refractivity contribution in [2.75, 3.05) is 34.0 Å². The van der Waals surface area contributed by atoms with E-state index in [0.717, 1.165) is 22.3 Å². The number of carboxylic acids is 1. The van der Waals surface area contributed by atoms with Crippen molar-refractivity contribution in [3.05, 3.63) is 59.7 Å². The molecule has 0 fully saturated rings. The number of rotatable bonds is 11. The van der Waals surface area contributed by atoms with Gasteiger partial charge >= 0.3 is 12.1 Å². The van der Waals surface area contributed by atoms with Gasteiger partial charge < -0.3 is 30.0 Å². The first kappa shape index (κ1) is 24.2. The van der Waals surface area contributed by atoms with Crippen LogP contribution in [0.15, 0.2) is 48.5 Å². The van der Waals surface area contributed by atoms with E-state index in [9.17, 15) is 14.4 Å². The average molecular weight is 456 g/mol. The molecule has 0 spiro atoms. The molecule has 33 heavy (non-hydrogen) atoms. The van der Waals surface area contributed by atoms with E-state index in [-0.39, 0.29) is 32.1 Å². The molecular formula is C24H28N2O7. The molecule has 9 nitrogen and oxygen atoms in total. The Morgan fingerprint density at radius 3 is 2.15 bits per heavy atom. The summed E-state index contributed by atoms with van der Waals surface area (Å²) in [6, 6.07) is 14.9. The van der Waals surface area contributed by atoms with Crippen molar-refractivity contribution in [1.82, 2.24) is 10.6 Å². The van der Waals surface area contributed by atoms with Crippen molar-refractivity contribution >= 4 is 18.0 Å². The topological polar surface area (TPSA) is 123 Å². The summed E-state index contributed by atoms with van der Waals surface area (Å²) in [4.78, 5) is 35.6. The van der Waals surface area contributed by atoms with Crippen molar-refractivity contribution in [1.29, 1.82) is 0 Å². The zero-order chi connectivity index (χ0) is 23.8. The summed E-state index contributed by atoms with van der Waals surface area (Å²) < 4.78 is 15.5. The number of carbonyl (C=O) groups is 3. The van der Waals surface area contributed by atoms with E-state index < -0.39 is 30.1 Å². The number of aliphatic carboxylic acids is 1. The van der Waals surface area contributed by atoms with Gasteiger partial charge in [0.15, 0.2) is 6.04 Å². The smallest absolute Gasteiger partial charge is 0.407 e. The molecule has 176 valence electrons. The number of alkyl carbamates (subject to hydrolysis) is 1. The maximum absolute atomic E-state index is 12.3. The van der Waals surface area contributed by atoms with Crippen LogP contribution in [0, 0.1) is 0 Å². The number of ether oxygens (including phenoxy) is 3. The Kier molecular flexibility index (Phi) is 8.39. The molecule has 3 rings (SSSR count). The van der Waals surface area contributed by atoms with Crippen molar-refractivity contribution < 1.29 is 33.7 Å². The first-order chi connectivity index (χ1) is 15.9. The molecule has 2 unspecified atom stereocenters. The average Bonchev–Trinajstić information content (AvgIpc) is 3.13. The van der Waals surface area contributed by atoms with Gasteiger partial charge in [0.05, 0.1) is 19.1 Å². The predicted molar refractivity (Wildman–Crippen MR) is 120 cm³/mol. The number of amides is 2. The lowest BCUT2D eigenvalue weighted by Crippen LogP contribution is -2.46. The minimum atomic E-state index is -1.20. The highest BCUT2D eigenvalue weighted by atomic mass is 16.5. The lowest BCUT2D eigenvalue weighted by Gasteiger charge is -2.19. The van der Waals surface area contributed by atoms with Crippen LogP contribution in [-0.2, 0) is 23.8 Å². The fraction of sp³-hybridized carbons (Fsp3) is 0.375. The summed E-state index contributed by atoms with van der Waals surface area (Å²) in [6.45, 7) is 0.0502. The third-order valence-corrected chi connectivity index (χ3v) is 5.53. The third kappa shape index (κ3) is 6.09. The first-order valence-corrected chi connectivity index (χ1v) is 10.6. The Balaban J connectivity index is 1.50. The monoisotopic (exact) mass is 456 g/mol. The van der Waals surface area contributed by atoms with Crippen molar-refractivity contribution in [2.24, 2.45) is 0 Å². The minimum absolute atomic E-state index is 0.0304. The zero-order valence-corrected chi connectivity index (χ0v) is 18.6. The maximum Gasteiger partial charge on any atom is 0.407 e. The predicted octanol–water partition coefficient (Wildman–Crippen LogP) is 2.15. The molecule has 0 radical (unpaired) electrons. The van der Waals surface area contributed by atoms with E-state index in [1.54, 1.807) is 0 Å². The van der Waals surface area contributed by atoms with E-state index in [4.69, 9.17) is 19.3 Å². The molecule has 2 amide bonds. The number of carbonyl (C=O) groups excluding carboxylic acids is 2. The standard InChI is InChI=1S/C24H28N2O7/c1-31-14-21(23(28)29)26-22(27)11-15(32-2)12-25-24(30)33-13-20-18-9-5-3-7-16(18)17-8-4-6-10-19(17)20/h3-10,15,20-21H,11-14H2,1-2H3,(H,25,30)(H,26,27)(H,28,29). The van der Waals surface area contributed by atoms with Crippen LogP contribution in [0.25, 0.3) is 11.1 Å². The molecule has 0 aromatic heterocycles. The van der Waals surface area contributed by atoms with Gasteiger partial charge in [0.2, 0.25) is 5.91 Å². The lowest BCUT2D eigenvalue weighted by molar-refractivity contribution is -0.143. The summed E-state index contributed by atoms with van der Waals surface area (Å²) in [7, 11) is 2.75. The molecule has 0 saturated heterocycles. The van der Waals surface area contributed by atoms with Crippen LogP contribution in [0.2, 0.25) is 0 Å². The number of carboxylic acid groups (broad SMARTS) is 1. The molecule has 0 saturated carbocycles. The highest BCUT2D eigenvalue weighted by Crippen LogP contribution is 2.44. The van der Waals surface area contributed by atoms with E-state index in [1.165, 1.54) is 14.2 Å². The fourth-order valence-electron chi connectivity index (χ4n) is 3.89. The Bertz CT molecular complexity index is 949. The van der Waals surface area contributed by atoms with Gasteiger partial charge in [-0.05, 0) is 22.3 Å². The highest BCUT2D eigenvalue weighted by molar-refractivity contribution is 5.84. The summed E-state index contributed by atoms with van der Waals surface area (Å²) in [6.07, 6.45) is -1.40. The molecule has 1 aliphatic rings. The van der Waals surface area contributed by atoms with E-state index in [0.29, 0.717) is 0 Å². The summed E-state index contributed by atoms with van der Waals surface area (Å²) >= 11 is 0. The van der Waals surface area contributed by atoms with Gasteiger partial charge in [-0.3, -0.25) is 4.79 Å². The molecule has 2 aromatic carbocycles. The van der Waals surface area contributed by atoms with E-state index in [2.05, 4.69) is 22.8 Å². The highest BCUT2D eigenvalue weighted by Gasteiger charge is 2.29.